The lowest BCUT2D eigenvalue weighted by Gasteiger charge is -2.10. The molecular weight excluding hydrogens is 396 g/mol. The molecule has 0 aliphatic rings. The number of aromatic nitrogens is 1. The molecule has 1 N–H and O–H groups in total. The smallest absolute Gasteiger partial charge is 0.257 e. The number of amides is 1. The standard InChI is InChI=1S/C25H21ClN2O2/c1-16-11-13-18(14-12-16)15-27-25(29)22-23(21-17(2)7-6-10-20(21)26)28-30-24(22)19-8-4-3-5-9-19/h3-14H,15H2,1-2H3,(H,27,29). The fourth-order valence-corrected chi connectivity index (χ4v) is 3.68. The van der Waals surface area contributed by atoms with Gasteiger partial charge in [0.15, 0.2) is 5.76 Å². The minimum atomic E-state index is -0.259. The van der Waals surface area contributed by atoms with E-state index in [1.807, 2.05) is 80.6 Å². The highest BCUT2D eigenvalue weighted by molar-refractivity contribution is 6.33. The molecular formula is C25H21ClN2O2. The lowest BCUT2D eigenvalue weighted by atomic mass is 9.98. The van der Waals surface area contributed by atoms with E-state index in [4.69, 9.17) is 16.1 Å². The summed E-state index contributed by atoms with van der Waals surface area (Å²) in [6.45, 7) is 4.37. The molecule has 4 rings (SSSR count). The van der Waals surface area contributed by atoms with Gasteiger partial charge in [0.1, 0.15) is 11.3 Å². The zero-order chi connectivity index (χ0) is 21.1. The molecule has 0 unspecified atom stereocenters. The van der Waals surface area contributed by atoms with Crippen molar-refractivity contribution in [2.24, 2.45) is 0 Å². The first-order valence-electron chi connectivity index (χ1n) is 9.69. The predicted molar refractivity (Wildman–Crippen MR) is 119 cm³/mol. The summed E-state index contributed by atoms with van der Waals surface area (Å²) in [5, 5.41) is 7.77. The Morgan fingerprint density at radius 2 is 1.70 bits per heavy atom. The Kier molecular flexibility index (Phi) is 5.68. The minimum absolute atomic E-state index is 0.259. The van der Waals surface area contributed by atoms with E-state index >= 15 is 0 Å². The Bertz CT molecular complexity index is 1160. The average molecular weight is 417 g/mol. The van der Waals surface area contributed by atoms with Gasteiger partial charge in [-0.1, -0.05) is 89.1 Å². The number of benzene rings is 3. The van der Waals surface area contributed by atoms with Crippen molar-refractivity contribution in [1.82, 2.24) is 10.5 Å². The minimum Gasteiger partial charge on any atom is -0.355 e. The fourth-order valence-electron chi connectivity index (χ4n) is 3.37. The number of halogens is 1. The number of rotatable bonds is 5. The van der Waals surface area contributed by atoms with Crippen molar-refractivity contribution in [2.45, 2.75) is 20.4 Å². The molecule has 5 heteroatoms. The summed E-state index contributed by atoms with van der Waals surface area (Å²) in [4.78, 5) is 13.3. The Labute approximate surface area is 180 Å². The highest BCUT2D eigenvalue weighted by atomic mass is 35.5. The number of hydrogen-bond acceptors (Lipinski definition) is 3. The summed E-state index contributed by atoms with van der Waals surface area (Å²) in [7, 11) is 0. The quantitative estimate of drug-likeness (QED) is 0.420. The van der Waals surface area contributed by atoms with Crippen LogP contribution in [0.2, 0.25) is 5.02 Å². The Morgan fingerprint density at radius 3 is 2.40 bits per heavy atom. The monoisotopic (exact) mass is 416 g/mol. The van der Waals surface area contributed by atoms with Crippen LogP contribution in [0.25, 0.3) is 22.6 Å². The highest BCUT2D eigenvalue weighted by Crippen LogP contribution is 2.37. The van der Waals surface area contributed by atoms with Crippen LogP contribution in [0.5, 0.6) is 0 Å². The van der Waals surface area contributed by atoms with Gasteiger partial charge in [-0.25, -0.2) is 0 Å². The SMILES string of the molecule is Cc1ccc(CNC(=O)c2c(-c3c(C)cccc3Cl)noc2-c2ccccc2)cc1. The van der Waals surface area contributed by atoms with Gasteiger partial charge in [0.2, 0.25) is 0 Å². The van der Waals surface area contributed by atoms with E-state index in [-0.39, 0.29) is 5.91 Å². The molecule has 0 aliphatic carbocycles. The van der Waals surface area contributed by atoms with E-state index in [1.54, 1.807) is 6.07 Å². The molecule has 0 saturated carbocycles. The number of aryl methyl sites for hydroxylation is 2. The predicted octanol–water partition coefficient (Wildman–Crippen LogP) is 6.21. The average Bonchev–Trinajstić information content (AvgIpc) is 3.18. The molecule has 0 aliphatic heterocycles. The third kappa shape index (κ3) is 4.00. The lowest BCUT2D eigenvalue weighted by molar-refractivity contribution is 0.0951. The third-order valence-electron chi connectivity index (χ3n) is 4.99. The van der Waals surface area contributed by atoms with Gasteiger partial charge < -0.3 is 9.84 Å². The zero-order valence-corrected chi connectivity index (χ0v) is 17.5. The van der Waals surface area contributed by atoms with Crippen LogP contribution < -0.4 is 5.32 Å². The van der Waals surface area contributed by atoms with Crippen LogP contribution in [0, 0.1) is 13.8 Å². The van der Waals surface area contributed by atoms with Crippen LogP contribution in [0.1, 0.15) is 27.0 Å². The summed E-state index contributed by atoms with van der Waals surface area (Å²) in [5.41, 5.74) is 5.41. The zero-order valence-electron chi connectivity index (χ0n) is 16.8. The van der Waals surface area contributed by atoms with E-state index in [2.05, 4.69) is 10.5 Å². The molecule has 4 aromatic rings. The van der Waals surface area contributed by atoms with Crippen LogP contribution >= 0.6 is 11.6 Å². The Morgan fingerprint density at radius 1 is 0.967 bits per heavy atom. The van der Waals surface area contributed by atoms with Crippen molar-refractivity contribution in [3.05, 3.63) is 100 Å². The maximum Gasteiger partial charge on any atom is 0.257 e. The van der Waals surface area contributed by atoms with E-state index in [0.29, 0.717) is 34.1 Å². The van der Waals surface area contributed by atoms with Crippen molar-refractivity contribution >= 4 is 17.5 Å². The molecule has 0 bridgehead atoms. The Hall–Kier alpha value is -3.37. The maximum atomic E-state index is 13.3. The number of carbonyl (C=O) groups is 1. The first-order chi connectivity index (χ1) is 14.5. The van der Waals surface area contributed by atoms with Crippen molar-refractivity contribution in [1.29, 1.82) is 0 Å². The number of hydrogen-bond donors (Lipinski definition) is 1. The molecule has 0 spiro atoms. The molecule has 1 amide bonds. The van der Waals surface area contributed by atoms with E-state index < -0.39 is 0 Å². The third-order valence-corrected chi connectivity index (χ3v) is 5.30. The van der Waals surface area contributed by atoms with Crippen molar-refractivity contribution in [3.8, 4) is 22.6 Å². The van der Waals surface area contributed by atoms with Gasteiger partial charge in [0, 0.05) is 17.7 Å². The van der Waals surface area contributed by atoms with E-state index in [0.717, 1.165) is 16.7 Å². The Balaban J connectivity index is 1.76. The molecule has 30 heavy (non-hydrogen) atoms. The first-order valence-corrected chi connectivity index (χ1v) is 10.1. The van der Waals surface area contributed by atoms with Gasteiger partial charge in [0.05, 0.1) is 5.02 Å². The van der Waals surface area contributed by atoms with Crippen LogP contribution in [0.15, 0.2) is 77.3 Å². The summed E-state index contributed by atoms with van der Waals surface area (Å²) in [6, 6.07) is 23.1. The number of carbonyl (C=O) groups excluding carboxylic acids is 1. The van der Waals surface area contributed by atoms with Crippen molar-refractivity contribution < 1.29 is 9.32 Å². The molecule has 0 radical (unpaired) electrons. The summed E-state index contributed by atoms with van der Waals surface area (Å²) >= 11 is 6.47. The van der Waals surface area contributed by atoms with E-state index in [1.165, 1.54) is 5.56 Å². The van der Waals surface area contributed by atoms with Gasteiger partial charge in [-0.15, -0.1) is 0 Å². The maximum absolute atomic E-state index is 13.3. The molecule has 0 atom stereocenters. The van der Waals surface area contributed by atoms with Crippen LogP contribution in [-0.2, 0) is 6.54 Å². The van der Waals surface area contributed by atoms with Gasteiger partial charge >= 0.3 is 0 Å². The van der Waals surface area contributed by atoms with Gasteiger partial charge in [-0.2, -0.15) is 0 Å². The van der Waals surface area contributed by atoms with Gasteiger partial charge in [0.25, 0.3) is 5.91 Å². The van der Waals surface area contributed by atoms with Crippen LogP contribution in [0.3, 0.4) is 0 Å². The van der Waals surface area contributed by atoms with Crippen molar-refractivity contribution in [2.75, 3.05) is 0 Å². The van der Waals surface area contributed by atoms with Gasteiger partial charge in [-0.3, -0.25) is 4.79 Å². The number of nitrogens with zero attached hydrogens (tertiary/aromatic N) is 1. The summed E-state index contributed by atoms with van der Waals surface area (Å²) < 4.78 is 5.67. The van der Waals surface area contributed by atoms with Crippen molar-refractivity contribution in [3.63, 3.8) is 0 Å². The molecule has 150 valence electrons. The van der Waals surface area contributed by atoms with Crippen LogP contribution in [0.4, 0.5) is 0 Å². The second-order valence-electron chi connectivity index (χ2n) is 7.20. The first kappa shape index (κ1) is 19.9. The molecule has 1 heterocycles. The largest absolute Gasteiger partial charge is 0.355 e. The normalized spacial score (nSPS) is 10.8. The second-order valence-corrected chi connectivity index (χ2v) is 7.61. The van der Waals surface area contributed by atoms with Gasteiger partial charge in [-0.05, 0) is 31.0 Å². The second kappa shape index (κ2) is 8.56. The topological polar surface area (TPSA) is 55.1 Å². The van der Waals surface area contributed by atoms with Crippen LogP contribution in [-0.4, -0.2) is 11.1 Å². The molecule has 3 aromatic carbocycles. The lowest BCUT2D eigenvalue weighted by Crippen LogP contribution is -2.23. The fraction of sp³-hybridized carbons (Fsp3) is 0.120. The summed E-state index contributed by atoms with van der Waals surface area (Å²) in [5.74, 6) is 0.163. The summed E-state index contributed by atoms with van der Waals surface area (Å²) in [6.07, 6.45) is 0. The highest BCUT2D eigenvalue weighted by Gasteiger charge is 2.27. The molecule has 1 aromatic heterocycles. The molecule has 0 saturated heterocycles. The molecule has 0 fully saturated rings. The van der Waals surface area contributed by atoms with E-state index in [9.17, 15) is 4.79 Å². The molecule has 4 nitrogen and oxygen atoms in total. The number of nitrogens with one attached hydrogen (secondary N) is 1.